The predicted octanol–water partition coefficient (Wildman–Crippen LogP) is 3.21. The van der Waals surface area contributed by atoms with Gasteiger partial charge in [0.25, 0.3) is 0 Å². The van der Waals surface area contributed by atoms with E-state index < -0.39 is 5.92 Å². The average molecular weight is 272 g/mol. The van der Waals surface area contributed by atoms with E-state index in [-0.39, 0.29) is 18.8 Å². The summed E-state index contributed by atoms with van der Waals surface area (Å²) in [7, 11) is 1.50. The number of benzene rings is 1. The molecule has 17 heavy (non-hydrogen) atoms. The lowest BCUT2D eigenvalue weighted by molar-refractivity contribution is -0.120. The summed E-state index contributed by atoms with van der Waals surface area (Å²) >= 11 is 11.9. The van der Waals surface area contributed by atoms with E-state index in [2.05, 4.69) is 0 Å². The zero-order valence-electron chi connectivity index (χ0n) is 9.24. The van der Waals surface area contributed by atoms with Gasteiger partial charge in [-0.05, 0) is 12.1 Å². The number of hydrogen-bond acceptors (Lipinski definition) is 3. The molecule has 90 valence electrons. The number of carbonyl (C=O) groups is 1. The number of rotatable bonds is 5. The third-order valence-electron chi connectivity index (χ3n) is 2.29. The van der Waals surface area contributed by atoms with Crippen LogP contribution in [0, 0.1) is 11.3 Å². The Kier molecular flexibility index (Phi) is 5.43. The van der Waals surface area contributed by atoms with E-state index in [0.29, 0.717) is 15.6 Å². The molecule has 0 aliphatic rings. The zero-order chi connectivity index (χ0) is 12.8. The minimum Gasteiger partial charge on any atom is -0.384 e. The average Bonchev–Trinajstić information content (AvgIpc) is 2.31. The smallest absolute Gasteiger partial charge is 0.156 e. The topological polar surface area (TPSA) is 50.1 Å². The van der Waals surface area contributed by atoms with Crippen LogP contribution in [0.25, 0.3) is 0 Å². The van der Waals surface area contributed by atoms with Crippen LogP contribution < -0.4 is 0 Å². The van der Waals surface area contributed by atoms with Crippen LogP contribution in [0.5, 0.6) is 0 Å². The van der Waals surface area contributed by atoms with Crippen molar-refractivity contribution in [2.75, 3.05) is 13.7 Å². The number of methoxy groups -OCH3 is 1. The molecular weight excluding hydrogens is 261 g/mol. The monoisotopic (exact) mass is 271 g/mol. The fourth-order valence-electron chi connectivity index (χ4n) is 1.43. The van der Waals surface area contributed by atoms with Crippen molar-refractivity contribution in [3.05, 3.63) is 33.8 Å². The van der Waals surface area contributed by atoms with E-state index >= 15 is 0 Å². The first-order valence-corrected chi connectivity index (χ1v) is 5.72. The van der Waals surface area contributed by atoms with E-state index in [1.165, 1.54) is 7.11 Å². The Bertz CT molecular complexity index is 434. The quantitative estimate of drug-likeness (QED) is 0.826. The van der Waals surface area contributed by atoms with Crippen LogP contribution in [-0.2, 0) is 9.53 Å². The maximum absolute atomic E-state index is 11.8. The number of ketones is 1. The lowest BCUT2D eigenvalue weighted by Crippen LogP contribution is -2.13. The van der Waals surface area contributed by atoms with Gasteiger partial charge in [-0.2, -0.15) is 5.26 Å². The number of ether oxygens (including phenoxy) is 1. The Labute approximate surface area is 110 Å². The Morgan fingerprint density at radius 2 is 2.06 bits per heavy atom. The number of hydrogen-bond donors (Lipinski definition) is 0. The van der Waals surface area contributed by atoms with Crippen molar-refractivity contribution in [1.82, 2.24) is 0 Å². The zero-order valence-corrected chi connectivity index (χ0v) is 10.8. The first kappa shape index (κ1) is 14.0. The molecule has 0 fully saturated rings. The highest BCUT2D eigenvalue weighted by Crippen LogP contribution is 2.32. The Hall–Kier alpha value is -1.08. The van der Waals surface area contributed by atoms with Gasteiger partial charge < -0.3 is 4.74 Å². The summed E-state index contributed by atoms with van der Waals surface area (Å²) in [5.74, 6) is -1.18. The van der Waals surface area contributed by atoms with Crippen LogP contribution >= 0.6 is 23.2 Å². The van der Waals surface area contributed by atoms with E-state index in [0.717, 1.165) is 0 Å². The second-order valence-corrected chi connectivity index (χ2v) is 4.22. The second-order valence-electron chi connectivity index (χ2n) is 3.41. The van der Waals surface area contributed by atoms with Gasteiger partial charge in [0.05, 0.1) is 12.7 Å². The summed E-state index contributed by atoms with van der Waals surface area (Å²) < 4.78 is 4.81. The standard InChI is InChI=1S/C12H11Cl2NO2/c1-17-6-5-11(16)8(7-15)12-9(13)3-2-4-10(12)14/h2-4,8H,5-6H2,1H3. The predicted molar refractivity (Wildman–Crippen MR) is 66.3 cm³/mol. The van der Waals surface area contributed by atoms with Gasteiger partial charge in [-0.15, -0.1) is 0 Å². The van der Waals surface area contributed by atoms with Crippen molar-refractivity contribution in [2.45, 2.75) is 12.3 Å². The lowest BCUT2D eigenvalue weighted by atomic mass is 9.94. The normalized spacial score (nSPS) is 11.9. The lowest BCUT2D eigenvalue weighted by Gasteiger charge is -2.11. The van der Waals surface area contributed by atoms with Gasteiger partial charge in [0.2, 0.25) is 0 Å². The molecule has 3 nitrogen and oxygen atoms in total. The number of Topliss-reactive ketones (excluding diaryl/α,β-unsaturated/α-hetero) is 1. The molecule has 0 saturated heterocycles. The molecule has 0 saturated carbocycles. The molecule has 0 aliphatic carbocycles. The van der Waals surface area contributed by atoms with E-state index in [1.807, 2.05) is 6.07 Å². The highest BCUT2D eigenvalue weighted by Gasteiger charge is 2.24. The van der Waals surface area contributed by atoms with E-state index in [1.54, 1.807) is 18.2 Å². The number of nitrogens with zero attached hydrogens (tertiary/aromatic N) is 1. The summed E-state index contributed by atoms with van der Waals surface area (Å²) in [5, 5.41) is 9.73. The van der Waals surface area contributed by atoms with E-state index in [9.17, 15) is 4.79 Å². The number of nitriles is 1. The van der Waals surface area contributed by atoms with Gasteiger partial charge in [-0.25, -0.2) is 0 Å². The molecule has 0 amide bonds. The molecule has 1 aromatic rings. The number of carbonyl (C=O) groups excluding carboxylic acids is 1. The molecule has 0 N–H and O–H groups in total. The molecule has 1 aromatic carbocycles. The van der Waals surface area contributed by atoms with Gasteiger partial charge in [-0.3, -0.25) is 4.79 Å². The first-order valence-electron chi connectivity index (χ1n) is 4.97. The van der Waals surface area contributed by atoms with Crippen LogP contribution in [0.4, 0.5) is 0 Å². The maximum atomic E-state index is 11.8. The molecule has 0 spiro atoms. The Balaban J connectivity index is 3.03. The Morgan fingerprint density at radius 1 is 1.47 bits per heavy atom. The fraction of sp³-hybridized carbons (Fsp3) is 0.333. The van der Waals surface area contributed by atoms with Gasteiger partial charge >= 0.3 is 0 Å². The van der Waals surface area contributed by atoms with Crippen LogP contribution in [0.15, 0.2) is 18.2 Å². The molecule has 0 bridgehead atoms. The van der Waals surface area contributed by atoms with Gasteiger partial charge in [-0.1, -0.05) is 29.3 Å². The van der Waals surface area contributed by atoms with Crippen LogP contribution in [-0.4, -0.2) is 19.5 Å². The molecule has 0 radical (unpaired) electrons. The summed E-state index contributed by atoms with van der Waals surface area (Å²) in [6.07, 6.45) is 0.163. The van der Waals surface area contributed by atoms with Crippen LogP contribution in [0.1, 0.15) is 17.9 Å². The number of halogens is 2. The third-order valence-corrected chi connectivity index (χ3v) is 2.95. The third kappa shape index (κ3) is 3.44. The molecule has 0 aromatic heterocycles. The summed E-state index contributed by atoms with van der Waals surface area (Å²) in [4.78, 5) is 11.8. The second kappa shape index (κ2) is 6.61. The summed E-state index contributed by atoms with van der Waals surface area (Å²) in [6, 6.07) is 6.82. The fourth-order valence-corrected chi connectivity index (χ4v) is 2.05. The molecule has 1 rings (SSSR count). The van der Waals surface area contributed by atoms with Crippen LogP contribution in [0.2, 0.25) is 10.0 Å². The van der Waals surface area contributed by atoms with Gasteiger partial charge in [0.1, 0.15) is 5.92 Å². The summed E-state index contributed by atoms with van der Waals surface area (Å²) in [6.45, 7) is 0.277. The molecular formula is C12H11Cl2NO2. The van der Waals surface area contributed by atoms with Crippen molar-refractivity contribution >= 4 is 29.0 Å². The van der Waals surface area contributed by atoms with Crippen LogP contribution in [0.3, 0.4) is 0 Å². The van der Waals surface area contributed by atoms with Crippen molar-refractivity contribution in [2.24, 2.45) is 0 Å². The van der Waals surface area contributed by atoms with E-state index in [4.69, 9.17) is 33.2 Å². The van der Waals surface area contributed by atoms with Crippen molar-refractivity contribution in [3.8, 4) is 6.07 Å². The highest BCUT2D eigenvalue weighted by molar-refractivity contribution is 6.36. The minimum atomic E-state index is -0.939. The van der Waals surface area contributed by atoms with Crippen molar-refractivity contribution < 1.29 is 9.53 Å². The molecule has 0 heterocycles. The molecule has 0 aliphatic heterocycles. The summed E-state index contributed by atoms with van der Waals surface area (Å²) in [5.41, 5.74) is 0.374. The first-order chi connectivity index (χ1) is 8.11. The largest absolute Gasteiger partial charge is 0.384 e. The van der Waals surface area contributed by atoms with Gasteiger partial charge in [0, 0.05) is 29.1 Å². The van der Waals surface area contributed by atoms with Crippen molar-refractivity contribution in [1.29, 1.82) is 5.26 Å². The highest BCUT2D eigenvalue weighted by atomic mass is 35.5. The van der Waals surface area contributed by atoms with Gasteiger partial charge in [0.15, 0.2) is 5.78 Å². The molecule has 1 atom stereocenters. The maximum Gasteiger partial charge on any atom is 0.156 e. The molecule has 1 unspecified atom stereocenters. The molecule has 5 heteroatoms. The SMILES string of the molecule is COCCC(=O)C(C#N)c1c(Cl)cccc1Cl. The minimum absolute atomic E-state index is 0.163. The Morgan fingerprint density at radius 3 is 2.53 bits per heavy atom. The van der Waals surface area contributed by atoms with Crippen molar-refractivity contribution in [3.63, 3.8) is 0 Å².